The molecule has 0 radical (unpaired) electrons. The standard InChI is InChI=1S/C23H35N5O.HI/c1-4-24-23(25-13-12-22-18(2)27-29-19(22)3)26-16-20-8-10-21(11-9-20)17-28-14-6-5-7-15-28;/h8-11H,4-7,12-17H2,1-3H3,(H2,24,25,26);1H. The van der Waals surface area contributed by atoms with Crippen LogP contribution in [0.25, 0.3) is 0 Å². The van der Waals surface area contributed by atoms with Crippen LogP contribution in [0.1, 0.15) is 54.3 Å². The monoisotopic (exact) mass is 525 g/mol. The van der Waals surface area contributed by atoms with Gasteiger partial charge in [-0.3, -0.25) is 4.90 Å². The largest absolute Gasteiger partial charge is 0.361 e. The molecule has 1 aliphatic heterocycles. The highest BCUT2D eigenvalue weighted by Crippen LogP contribution is 2.14. The third-order valence-electron chi connectivity index (χ3n) is 5.49. The molecule has 0 amide bonds. The molecule has 7 heteroatoms. The van der Waals surface area contributed by atoms with Crippen molar-refractivity contribution in [1.82, 2.24) is 20.7 Å². The number of aryl methyl sites for hydroxylation is 2. The van der Waals surface area contributed by atoms with Crippen molar-refractivity contribution in [2.75, 3.05) is 26.2 Å². The van der Waals surface area contributed by atoms with Crippen molar-refractivity contribution in [2.24, 2.45) is 4.99 Å². The topological polar surface area (TPSA) is 65.7 Å². The molecule has 0 saturated carbocycles. The Morgan fingerprint density at radius 3 is 2.40 bits per heavy atom. The SMILES string of the molecule is CCNC(=NCc1ccc(CN2CCCCC2)cc1)NCCc1c(C)noc1C.I. The number of nitrogens with one attached hydrogen (secondary N) is 2. The zero-order valence-electron chi connectivity index (χ0n) is 18.5. The number of hydrogen-bond acceptors (Lipinski definition) is 4. The van der Waals surface area contributed by atoms with Crippen LogP contribution in [0.4, 0.5) is 0 Å². The number of aliphatic imine (C=N–C) groups is 1. The van der Waals surface area contributed by atoms with Gasteiger partial charge in [0, 0.05) is 25.2 Å². The summed E-state index contributed by atoms with van der Waals surface area (Å²) in [5, 5.41) is 10.8. The fourth-order valence-electron chi connectivity index (χ4n) is 3.80. The molecule has 0 spiro atoms. The number of guanidine groups is 1. The number of likely N-dealkylation sites (tertiary alicyclic amines) is 1. The van der Waals surface area contributed by atoms with Gasteiger partial charge in [-0.15, -0.1) is 24.0 Å². The summed E-state index contributed by atoms with van der Waals surface area (Å²) in [6.45, 7) is 11.9. The zero-order valence-corrected chi connectivity index (χ0v) is 20.9. The lowest BCUT2D eigenvalue weighted by Gasteiger charge is -2.26. The second-order valence-corrected chi connectivity index (χ2v) is 7.83. The van der Waals surface area contributed by atoms with Crippen LogP contribution < -0.4 is 10.6 Å². The van der Waals surface area contributed by atoms with Crippen molar-refractivity contribution in [1.29, 1.82) is 0 Å². The van der Waals surface area contributed by atoms with E-state index in [0.29, 0.717) is 6.54 Å². The highest BCUT2D eigenvalue weighted by Gasteiger charge is 2.10. The molecule has 1 aromatic heterocycles. The van der Waals surface area contributed by atoms with Gasteiger partial charge >= 0.3 is 0 Å². The van der Waals surface area contributed by atoms with Crippen molar-refractivity contribution in [2.45, 2.75) is 59.5 Å². The molecule has 1 saturated heterocycles. The van der Waals surface area contributed by atoms with Crippen LogP contribution in [0, 0.1) is 13.8 Å². The van der Waals surface area contributed by atoms with Gasteiger partial charge in [0.25, 0.3) is 0 Å². The van der Waals surface area contributed by atoms with Crippen molar-refractivity contribution >= 4 is 29.9 Å². The van der Waals surface area contributed by atoms with Gasteiger partial charge < -0.3 is 15.2 Å². The lowest BCUT2D eigenvalue weighted by molar-refractivity contribution is 0.221. The zero-order chi connectivity index (χ0) is 20.5. The Kier molecular flexibility index (Phi) is 10.6. The molecule has 1 fully saturated rings. The Balaban J connectivity index is 0.00000320. The van der Waals surface area contributed by atoms with Crippen LogP contribution >= 0.6 is 24.0 Å². The average Bonchev–Trinajstić information content (AvgIpc) is 3.06. The molecule has 0 unspecified atom stereocenters. The van der Waals surface area contributed by atoms with E-state index in [4.69, 9.17) is 9.52 Å². The van der Waals surface area contributed by atoms with E-state index >= 15 is 0 Å². The van der Waals surface area contributed by atoms with Crippen LogP contribution in [0.2, 0.25) is 0 Å². The quantitative estimate of drug-likeness (QED) is 0.308. The summed E-state index contributed by atoms with van der Waals surface area (Å²) < 4.78 is 5.24. The molecule has 3 rings (SSSR count). The van der Waals surface area contributed by atoms with Crippen LogP contribution in [-0.2, 0) is 19.5 Å². The Hall–Kier alpha value is -1.61. The van der Waals surface area contributed by atoms with Crippen LogP contribution in [-0.4, -0.2) is 42.2 Å². The molecule has 2 heterocycles. The lowest BCUT2D eigenvalue weighted by atomic mass is 10.1. The number of halogens is 1. The Labute approximate surface area is 197 Å². The maximum absolute atomic E-state index is 5.24. The smallest absolute Gasteiger partial charge is 0.191 e. The van der Waals surface area contributed by atoms with E-state index < -0.39 is 0 Å². The lowest BCUT2D eigenvalue weighted by Crippen LogP contribution is -2.38. The molecule has 30 heavy (non-hydrogen) atoms. The predicted octanol–water partition coefficient (Wildman–Crippen LogP) is 4.19. The van der Waals surface area contributed by atoms with Gasteiger partial charge in [0.05, 0.1) is 12.2 Å². The fraction of sp³-hybridized carbons (Fsp3) is 0.565. The molecule has 0 aliphatic carbocycles. The van der Waals surface area contributed by atoms with E-state index in [9.17, 15) is 0 Å². The molecule has 166 valence electrons. The average molecular weight is 525 g/mol. The molecule has 1 aromatic carbocycles. The van der Waals surface area contributed by atoms with Gasteiger partial charge in [0.15, 0.2) is 5.96 Å². The first-order valence-corrected chi connectivity index (χ1v) is 10.9. The number of benzene rings is 1. The number of hydrogen-bond donors (Lipinski definition) is 2. The maximum atomic E-state index is 5.24. The van der Waals surface area contributed by atoms with E-state index in [2.05, 4.69) is 51.9 Å². The van der Waals surface area contributed by atoms with Gasteiger partial charge in [-0.25, -0.2) is 4.99 Å². The summed E-state index contributed by atoms with van der Waals surface area (Å²) in [5.74, 6) is 1.74. The Morgan fingerprint density at radius 2 is 1.77 bits per heavy atom. The third-order valence-corrected chi connectivity index (χ3v) is 5.49. The molecule has 0 atom stereocenters. The predicted molar refractivity (Wildman–Crippen MR) is 133 cm³/mol. The number of piperidine rings is 1. The molecule has 6 nitrogen and oxygen atoms in total. The van der Waals surface area contributed by atoms with E-state index in [1.807, 2.05) is 13.8 Å². The second kappa shape index (κ2) is 12.9. The number of nitrogens with zero attached hydrogens (tertiary/aromatic N) is 3. The first-order chi connectivity index (χ1) is 14.2. The van der Waals surface area contributed by atoms with E-state index in [-0.39, 0.29) is 24.0 Å². The van der Waals surface area contributed by atoms with Gasteiger partial charge in [0.1, 0.15) is 5.76 Å². The van der Waals surface area contributed by atoms with Crippen LogP contribution in [0.3, 0.4) is 0 Å². The highest BCUT2D eigenvalue weighted by atomic mass is 127. The number of rotatable bonds is 8. The maximum Gasteiger partial charge on any atom is 0.191 e. The highest BCUT2D eigenvalue weighted by molar-refractivity contribution is 14.0. The normalized spacial score (nSPS) is 15.0. The summed E-state index contributed by atoms with van der Waals surface area (Å²) >= 11 is 0. The molecule has 1 aliphatic rings. The minimum absolute atomic E-state index is 0. The molecular formula is C23H36IN5O. The molecule has 0 bridgehead atoms. The molecular weight excluding hydrogens is 489 g/mol. The molecule has 2 aromatic rings. The van der Waals surface area contributed by atoms with Crippen molar-refractivity contribution < 1.29 is 4.52 Å². The third kappa shape index (κ3) is 7.58. The van der Waals surface area contributed by atoms with Gasteiger partial charge in [-0.2, -0.15) is 0 Å². The minimum Gasteiger partial charge on any atom is -0.361 e. The minimum atomic E-state index is 0. The van der Waals surface area contributed by atoms with Crippen molar-refractivity contribution in [3.8, 4) is 0 Å². The van der Waals surface area contributed by atoms with E-state index in [1.54, 1.807) is 0 Å². The van der Waals surface area contributed by atoms with Gasteiger partial charge in [-0.05, 0) is 64.3 Å². The summed E-state index contributed by atoms with van der Waals surface area (Å²) in [5.41, 5.74) is 4.77. The first kappa shape index (κ1) is 24.7. The summed E-state index contributed by atoms with van der Waals surface area (Å²) in [7, 11) is 0. The van der Waals surface area contributed by atoms with Crippen LogP contribution in [0.15, 0.2) is 33.8 Å². The van der Waals surface area contributed by atoms with E-state index in [1.165, 1.54) is 49.0 Å². The number of aromatic nitrogens is 1. The molecule has 2 N–H and O–H groups in total. The fourth-order valence-corrected chi connectivity index (χ4v) is 3.80. The summed E-state index contributed by atoms with van der Waals surface area (Å²) in [4.78, 5) is 7.30. The first-order valence-electron chi connectivity index (χ1n) is 10.9. The van der Waals surface area contributed by atoms with Gasteiger partial charge in [-0.1, -0.05) is 35.8 Å². The van der Waals surface area contributed by atoms with Gasteiger partial charge in [0.2, 0.25) is 0 Å². The van der Waals surface area contributed by atoms with Crippen molar-refractivity contribution in [3.63, 3.8) is 0 Å². The Morgan fingerprint density at radius 1 is 1.07 bits per heavy atom. The van der Waals surface area contributed by atoms with Crippen molar-refractivity contribution in [3.05, 3.63) is 52.4 Å². The van der Waals surface area contributed by atoms with E-state index in [0.717, 1.165) is 43.5 Å². The Bertz CT molecular complexity index is 762. The summed E-state index contributed by atoms with van der Waals surface area (Å²) in [6.07, 6.45) is 4.93. The summed E-state index contributed by atoms with van der Waals surface area (Å²) in [6, 6.07) is 8.90. The van der Waals surface area contributed by atoms with Crippen LogP contribution in [0.5, 0.6) is 0 Å². The second-order valence-electron chi connectivity index (χ2n) is 7.83.